The summed E-state index contributed by atoms with van der Waals surface area (Å²) in [4.78, 5) is 0. The number of rotatable bonds is 2. The van der Waals surface area contributed by atoms with Crippen LogP contribution in [0.25, 0.3) is 0 Å². The molecule has 1 aliphatic rings. The highest BCUT2D eigenvalue weighted by Crippen LogP contribution is 2.35. The molecule has 102 valence electrons. The van der Waals surface area contributed by atoms with Crippen LogP contribution >= 0.6 is 31.9 Å². The van der Waals surface area contributed by atoms with Crippen LogP contribution in [0.4, 0.5) is 0 Å². The van der Waals surface area contributed by atoms with Gasteiger partial charge in [-0.2, -0.15) is 5.10 Å². The highest BCUT2D eigenvalue weighted by molar-refractivity contribution is 9.10. The van der Waals surface area contributed by atoms with Crippen molar-refractivity contribution in [2.75, 3.05) is 0 Å². The van der Waals surface area contributed by atoms with Crippen LogP contribution in [0.5, 0.6) is 5.75 Å². The monoisotopic (exact) mass is 394 g/mol. The molecule has 0 saturated carbocycles. The molecule has 20 heavy (non-hydrogen) atoms. The van der Waals surface area contributed by atoms with Crippen molar-refractivity contribution < 1.29 is 5.11 Å². The highest BCUT2D eigenvalue weighted by Gasteiger charge is 2.24. The maximum atomic E-state index is 10.1. The predicted octanol–water partition coefficient (Wildman–Crippen LogP) is 4.36. The summed E-state index contributed by atoms with van der Waals surface area (Å²) in [6, 6.07) is 13.7. The van der Waals surface area contributed by atoms with Gasteiger partial charge >= 0.3 is 0 Å². The summed E-state index contributed by atoms with van der Waals surface area (Å²) in [5.74, 6) is 0.275. The minimum absolute atomic E-state index is 0.00569. The van der Waals surface area contributed by atoms with E-state index in [1.807, 2.05) is 42.5 Å². The summed E-state index contributed by atoms with van der Waals surface area (Å²) in [6.45, 7) is 0. The molecular weight excluding hydrogens is 384 g/mol. The molecule has 1 aliphatic heterocycles. The Bertz CT molecular complexity index is 668. The predicted molar refractivity (Wildman–Crippen MR) is 87.0 cm³/mol. The molecule has 1 unspecified atom stereocenters. The first kappa shape index (κ1) is 13.6. The Labute approximate surface area is 134 Å². The van der Waals surface area contributed by atoms with Crippen LogP contribution in [-0.2, 0) is 0 Å². The van der Waals surface area contributed by atoms with Gasteiger partial charge in [-0.25, -0.2) is 0 Å². The number of hydrogen-bond donors (Lipinski definition) is 2. The first-order valence-electron chi connectivity index (χ1n) is 6.20. The van der Waals surface area contributed by atoms with Crippen molar-refractivity contribution in [1.29, 1.82) is 0 Å². The van der Waals surface area contributed by atoms with E-state index >= 15 is 0 Å². The van der Waals surface area contributed by atoms with Gasteiger partial charge in [0.1, 0.15) is 5.75 Å². The number of phenols is 1. The van der Waals surface area contributed by atoms with Gasteiger partial charge in [-0.1, -0.05) is 40.2 Å². The summed E-state index contributed by atoms with van der Waals surface area (Å²) < 4.78 is 1.75. The molecule has 0 fully saturated rings. The Kier molecular flexibility index (Phi) is 3.81. The molecule has 2 N–H and O–H groups in total. The summed E-state index contributed by atoms with van der Waals surface area (Å²) in [5.41, 5.74) is 6.05. The third-order valence-electron chi connectivity index (χ3n) is 3.32. The second-order valence-electron chi connectivity index (χ2n) is 4.63. The fourth-order valence-corrected chi connectivity index (χ4v) is 2.90. The second-order valence-corrected chi connectivity index (χ2v) is 6.40. The number of aromatic hydroxyl groups is 1. The summed E-state index contributed by atoms with van der Waals surface area (Å²) in [7, 11) is 0. The average molecular weight is 396 g/mol. The molecule has 2 aromatic rings. The molecule has 0 aliphatic carbocycles. The van der Waals surface area contributed by atoms with Crippen LogP contribution in [0.2, 0.25) is 0 Å². The fraction of sp³-hybridized carbons (Fsp3) is 0.133. The smallest absolute Gasteiger partial charge is 0.135 e. The number of hydrazone groups is 1. The lowest BCUT2D eigenvalue weighted by atomic mass is 9.98. The van der Waals surface area contributed by atoms with Crippen molar-refractivity contribution in [2.45, 2.75) is 12.5 Å². The van der Waals surface area contributed by atoms with E-state index < -0.39 is 0 Å². The number of nitrogens with zero attached hydrogens (tertiary/aromatic N) is 1. The highest BCUT2D eigenvalue weighted by atomic mass is 79.9. The van der Waals surface area contributed by atoms with E-state index in [1.165, 1.54) is 0 Å². The quantitative estimate of drug-likeness (QED) is 0.793. The van der Waals surface area contributed by atoms with Crippen LogP contribution in [0.3, 0.4) is 0 Å². The lowest BCUT2D eigenvalue weighted by Crippen LogP contribution is -2.10. The van der Waals surface area contributed by atoms with Gasteiger partial charge in [-0.15, -0.1) is 0 Å². The molecule has 0 amide bonds. The van der Waals surface area contributed by atoms with E-state index in [1.54, 1.807) is 0 Å². The number of benzene rings is 2. The average Bonchev–Trinajstić information content (AvgIpc) is 2.92. The summed E-state index contributed by atoms with van der Waals surface area (Å²) in [5, 5.41) is 14.5. The molecule has 1 heterocycles. The summed E-state index contributed by atoms with van der Waals surface area (Å²) in [6.07, 6.45) is 0.756. The van der Waals surface area contributed by atoms with E-state index in [0.717, 1.165) is 27.7 Å². The molecule has 0 bridgehead atoms. The third kappa shape index (κ3) is 2.60. The molecule has 0 radical (unpaired) electrons. The Hall–Kier alpha value is -1.33. The van der Waals surface area contributed by atoms with Gasteiger partial charge in [-0.3, -0.25) is 0 Å². The molecular formula is C15H12Br2N2O. The van der Waals surface area contributed by atoms with Crippen LogP contribution in [0.15, 0.2) is 56.5 Å². The molecule has 2 aromatic carbocycles. The normalized spacial score (nSPS) is 17.7. The standard InChI is InChI=1S/C15H12Br2N2O/c16-10-6-4-9(5-7-10)13-8-14(19-18-13)11-2-1-3-12(17)15(11)20/h1-7,14,19-20H,8H2. The summed E-state index contributed by atoms with van der Waals surface area (Å²) >= 11 is 6.77. The van der Waals surface area contributed by atoms with Gasteiger partial charge in [0.15, 0.2) is 0 Å². The Morgan fingerprint density at radius 3 is 2.60 bits per heavy atom. The minimum atomic E-state index is 0.00569. The van der Waals surface area contributed by atoms with Gasteiger partial charge in [0.05, 0.1) is 16.2 Å². The van der Waals surface area contributed by atoms with E-state index in [4.69, 9.17) is 0 Å². The molecule has 0 aromatic heterocycles. The lowest BCUT2D eigenvalue weighted by Gasteiger charge is -2.13. The van der Waals surface area contributed by atoms with Crippen molar-refractivity contribution in [2.24, 2.45) is 5.10 Å². The van der Waals surface area contributed by atoms with E-state index in [0.29, 0.717) is 4.47 Å². The van der Waals surface area contributed by atoms with Crippen LogP contribution < -0.4 is 5.43 Å². The van der Waals surface area contributed by atoms with Gasteiger partial charge in [0.2, 0.25) is 0 Å². The maximum absolute atomic E-state index is 10.1. The molecule has 0 saturated heterocycles. The third-order valence-corrected chi connectivity index (χ3v) is 4.49. The van der Waals surface area contributed by atoms with E-state index in [-0.39, 0.29) is 11.8 Å². The van der Waals surface area contributed by atoms with Crippen molar-refractivity contribution in [3.05, 3.63) is 62.5 Å². The van der Waals surface area contributed by atoms with Gasteiger partial charge in [0.25, 0.3) is 0 Å². The van der Waals surface area contributed by atoms with Crippen molar-refractivity contribution in [1.82, 2.24) is 5.43 Å². The number of nitrogens with one attached hydrogen (secondary N) is 1. The maximum Gasteiger partial charge on any atom is 0.135 e. The Morgan fingerprint density at radius 1 is 1.10 bits per heavy atom. The first-order chi connectivity index (χ1) is 9.65. The van der Waals surface area contributed by atoms with Gasteiger partial charge in [0, 0.05) is 16.5 Å². The zero-order chi connectivity index (χ0) is 14.1. The zero-order valence-electron chi connectivity index (χ0n) is 10.5. The number of para-hydroxylation sites is 1. The molecule has 0 spiro atoms. The van der Waals surface area contributed by atoms with Gasteiger partial charge in [-0.05, 0) is 39.7 Å². The SMILES string of the molecule is Oc1c(Br)cccc1C1CC(c2ccc(Br)cc2)=NN1. The van der Waals surface area contributed by atoms with Crippen LogP contribution in [0, 0.1) is 0 Å². The van der Waals surface area contributed by atoms with Crippen LogP contribution in [0.1, 0.15) is 23.6 Å². The lowest BCUT2D eigenvalue weighted by molar-refractivity contribution is 0.452. The van der Waals surface area contributed by atoms with E-state index in [2.05, 4.69) is 42.4 Å². The van der Waals surface area contributed by atoms with Crippen molar-refractivity contribution in [3.63, 3.8) is 0 Å². The van der Waals surface area contributed by atoms with Crippen molar-refractivity contribution >= 4 is 37.6 Å². The van der Waals surface area contributed by atoms with Crippen LogP contribution in [-0.4, -0.2) is 10.8 Å². The largest absolute Gasteiger partial charge is 0.506 e. The van der Waals surface area contributed by atoms with Crippen molar-refractivity contribution in [3.8, 4) is 5.75 Å². The molecule has 3 rings (SSSR count). The van der Waals surface area contributed by atoms with Gasteiger partial charge < -0.3 is 10.5 Å². The molecule has 1 atom stereocenters. The molecule has 5 heteroatoms. The van der Waals surface area contributed by atoms with E-state index in [9.17, 15) is 5.11 Å². The topological polar surface area (TPSA) is 44.6 Å². The Morgan fingerprint density at radius 2 is 1.85 bits per heavy atom. The number of hydrogen-bond acceptors (Lipinski definition) is 3. The number of phenolic OH excluding ortho intramolecular Hbond substituents is 1. The second kappa shape index (κ2) is 5.58. The fourth-order valence-electron chi connectivity index (χ4n) is 2.26. The molecule has 3 nitrogen and oxygen atoms in total. The Balaban J connectivity index is 1.82. The number of halogens is 2. The zero-order valence-corrected chi connectivity index (χ0v) is 13.6. The first-order valence-corrected chi connectivity index (χ1v) is 7.79. The minimum Gasteiger partial charge on any atom is -0.506 e.